The summed E-state index contributed by atoms with van der Waals surface area (Å²) in [6.07, 6.45) is 3.40. The predicted molar refractivity (Wildman–Crippen MR) is 72.5 cm³/mol. The van der Waals surface area contributed by atoms with Crippen molar-refractivity contribution in [3.05, 3.63) is 18.0 Å². The maximum atomic E-state index is 12.4. The number of piperidine rings is 1. The van der Waals surface area contributed by atoms with Crippen molar-refractivity contribution in [2.75, 3.05) is 25.9 Å². The van der Waals surface area contributed by atoms with Crippen molar-refractivity contribution in [2.45, 2.75) is 12.8 Å². The first-order valence-corrected chi connectivity index (χ1v) is 6.45. The summed E-state index contributed by atoms with van der Waals surface area (Å²) in [5.74, 6) is -0.169. The quantitative estimate of drug-likeness (QED) is 0.801. The number of amides is 2. The molecule has 1 saturated heterocycles. The van der Waals surface area contributed by atoms with E-state index in [1.807, 2.05) is 0 Å². The van der Waals surface area contributed by atoms with Crippen LogP contribution in [0.1, 0.15) is 23.3 Å². The van der Waals surface area contributed by atoms with Crippen molar-refractivity contribution in [1.82, 2.24) is 14.8 Å². The number of nitrogens with one attached hydrogen (secondary N) is 1. The summed E-state index contributed by atoms with van der Waals surface area (Å²) >= 11 is 0. The van der Waals surface area contributed by atoms with Gasteiger partial charge in [0.25, 0.3) is 5.91 Å². The van der Waals surface area contributed by atoms with Crippen molar-refractivity contribution in [1.29, 1.82) is 0 Å². The molecule has 1 atom stereocenters. The molecule has 6 nitrogen and oxygen atoms in total. The van der Waals surface area contributed by atoms with Crippen LogP contribution in [0, 0.1) is 5.92 Å². The Morgan fingerprint density at radius 2 is 2.21 bits per heavy atom. The number of nitrogen functional groups attached to an aromatic ring is 1. The molecule has 6 heteroatoms. The van der Waals surface area contributed by atoms with Gasteiger partial charge in [-0.2, -0.15) is 0 Å². The van der Waals surface area contributed by atoms with E-state index in [4.69, 9.17) is 5.73 Å². The van der Waals surface area contributed by atoms with E-state index in [0.717, 1.165) is 12.8 Å². The molecular weight excluding hydrogens is 244 g/mol. The summed E-state index contributed by atoms with van der Waals surface area (Å²) in [5.41, 5.74) is 6.83. The Morgan fingerprint density at radius 3 is 2.79 bits per heavy atom. The van der Waals surface area contributed by atoms with Gasteiger partial charge in [0.15, 0.2) is 0 Å². The Bertz CT molecular complexity index is 495. The van der Waals surface area contributed by atoms with Gasteiger partial charge in [0.1, 0.15) is 5.69 Å². The highest BCUT2D eigenvalue weighted by molar-refractivity contribution is 5.94. The largest absolute Gasteiger partial charge is 0.397 e. The van der Waals surface area contributed by atoms with E-state index in [1.165, 1.54) is 0 Å². The highest BCUT2D eigenvalue weighted by Crippen LogP contribution is 2.20. The van der Waals surface area contributed by atoms with Gasteiger partial charge in [-0.05, 0) is 18.9 Å². The fourth-order valence-corrected chi connectivity index (χ4v) is 2.54. The summed E-state index contributed by atoms with van der Waals surface area (Å²) in [6.45, 7) is 1.17. The summed E-state index contributed by atoms with van der Waals surface area (Å²) in [5, 5.41) is 2.65. The van der Waals surface area contributed by atoms with Gasteiger partial charge in [-0.15, -0.1) is 0 Å². The molecule has 104 valence electrons. The van der Waals surface area contributed by atoms with E-state index < -0.39 is 0 Å². The van der Waals surface area contributed by atoms with Gasteiger partial charge in [-0.25, -0.2) is 0 Å². The number of nitrogens with zero attached hydrogens (tertiary/aromatic N) is 2. The van der Waals surface area contributed by atoms with E-state index in [1.54, 1.807) is 35.8 Å². The van der Waals surface area contributed by atoms with Crippen LogP contribution in [0.3, 0.4) is 0 Å². The number of aromatic nitrogens is 1. The molecule has 19 heavy (non-hydrogen) atoms. The van der Waals surface area contributed by atoms with Crippen LogP contribution < -0.4 is 11.1 Å². The zero-order chi connectivity index (χ0) is 14.0. The summed E-state index contributed by atoms with van der Waals surface area (Å²) in [6, 6.07) is 1.67. The van der Waals surface area contributed by atoms with Crippen LogP contribution in [-0.4, -0.2) is 41.4 Å². The van der Waals surface area contributed by atoms with E-state index in [2.05, 4.69) is 5.32 Å². The fraction of sp³-hybridized carbons (Fsp3) is 0.538. The van der Waals surface area contributed by atoms with Crippen LogP contribution in [0.25, 0.3) is 0 Å². The average Bonchev–Trinajstić information content (AvgIpc) is 2.76. The van der Waals surface area contributed by atoms with E-state index >= 15 is 0 Å². The normalized spacial score (nSPS) is 19.3. The first kappa shape index (κ1) is 13.5. The summed E-state index contributed by atoms with van der Waals surface area (Å²) in [7, 11) is 3.42. The van der Waals surface area contributed by atoms with Gasteiger partial charge in [-0.1, -0.05) is 0 Å². The van der Waals surface area contributed by atoms with Gasteiger partial charge in [-0.3, -0.25) is 9.59 Å². The summed E-state index contributed by atoms with van der Waals surface area (Å²) < 4.78 is 1.72. The zero-order valence-electron chi connectivity index (χ0n) is 11.3. The minimum atomic E-state index is -0.111. The van der Waals surface area contributed by atoms with Crippen molar-refractivity contribution in [3.8, 4) is 0 Å². The standard InChI is InChI=1S/C13H20N4O2/c1-15-12(18)9-4-3-5-17(7-9)13(19)11-6-10(14)8-16(11)2/h6,8-9H,3-5,7,14H2,1-2H3,(H,15,18). The molecule has 1 unspecified atom stereocenters. The molecule has 0 spiro atoms. The maximum Gasteiger partial charge on any atom is 0.270 e. The van der Waals surface area contributed by atoms with Crippen molar-refractivity contribution >= 4 is 17.5 Å². The first-order valence-electron chi connectivity index (χ1n) is 6.45. The van der Waals surface area contributed by atoms with E-state index in [0.29, 0.717) is 24.5 Å². The second kappa shape index (κ2) is 5.34. The Morgan fingerprint density at radius 1 is 1.47 bits per heavy atom. The second-order valence-electron chi connectivity index (χ2n) is 4.97. The van der Waals surface area contributed by atoms with Gasteiger partial charge in [0.2, 0.25) is 5.91 Å². The lowest BCUT2D eigenvalue weighted by Gasteiger charge is -2.31. The third-order valence-corrected chi connectivity index (χ3v) is 3.57. The highest BCUT2D eigenvalue weighted by atomic mass is 16.2. The van der Waals surface area contributed by atoms with Crippen LogP contribution in [0.2, 0.25) is 0 Å². The van der Waals surface area contributed by atoms with Gasteiger partial charge < -0.3 is 20.5 Å². The minimum absolute atomic E-state index is 0.00361. The molecule has 1 aliphatic heterocycles. The molecule has 2 amide bonds. The zero-order valence-corrected chi connectivity index (χ0v) is 11.3. The van der Waals surface area contributed by atoms with E-state index in [9.17, 15) is 9.59 Å². The molecule has 2 rings (SSSR count). The monoisotopic (exact) mass is 264 g/mol. The molecule has 1 aromatic rings. The van der Waals surface area contributed by atoms with Crippen molar-refractivity contribution < 1.29 is 9.59 Å². The topological polar surface area (TPSA) is 80.4 Å². The van der Waals surface area contributed by atoms with E-state index in [-0.39, 0.29) is 17.7 Å². The molecule has 0 saturated carbocycles. The number of carbonyl (C=O) groups excluding carboxylic acids is 2. The second-order valence-corrected chi connectivity index (χ2v) is 4.97. The van der Waals surface area contributed by atoms with Crippen LogP contribution in [-0.2, 0) is 11.8 Å². The smallest absolute Gasteiger partial charge is 0.270 e. The number of rotatable bonds is 2. The molecule has 0 bridgehead atoms. The molecule has 0 aliphatic carbocycles. The fourth-order valence-electron chi connectivity index (χ4n) is 2.54. The molecule has 1 fully saturated rings. The van der Waals surface area contributed by atoms with Gasteiger partial charge >= 0.3 is 0 Å². The van der Waals surface area contributed by atoms with Gasteiger partial charge in [0.05, 0.1) is 11.6 Å². The highest BCUT2D eigenvalue weighted by Gasteiger charge is 2.29. The predicted octanol–water partition coefficient (Wildman–Crippen LogP) is 0.206. The number of aryl methyl sites for hydroxylation is 1. The Labute approximate surface area is 112 Å². The van der Waals surface area contributed by atoms with Gasteiger partial charge in [0, 0.05) is 33.4 Å². The lowest BCUT2D eigenvalue weighted by atomic mass is 9.97. The molecular formula is C13H20N4O2. The first-order chi connectivity index (χ1) is 9.02. The lowest BCUT2D eigenvalue weighted by Crippen LogP contribution is -2.45. The number of hydrogen-bond donors (Lipinski definition) is 2. The molecule has 0 aromatic carbocycles. The number of hydrogen-bond acceptors (Lipinski definition) is 3. The number of carbonyl (C=O) groups is 2. The number of likely N-dealkylation sites (tertiary alicyclic amines) is 1. The molecule has 0 radical (unpaired) electrons. The van der Waals surface area contributed by atoms with Crippen LogP contribution in [0.5, 0.6) is 0 Å². The number of anilines is 1. The third kappa shape index (κ3) is 2.72. The maximum absolute atomic E-state index is 12.4. The Kier molecular flexibility index (Phi) is 3.78. The van der Waals surface area contributed by atoms with Crippen LogP contribution >= 0.6 is 0 Å². The molecule has 2 heterocycles. The minimum Gasteiger partial charge on any atom is -0.397 e. The SMILES string of the molecule is CNC(=O)C1CCCN(C(=O)c2cc(N)cn2C)C1. The Hall–Kier alpha value is -1.98. The number of nitrogens with two attached hydrogens (primary N) is 1. The van der Waals surface area contributed by atoms with Crippen LogP contribution in [0.4, 0.5) is 5.69 Å². The molecule has 3 N–H and O–H groups in total. The van der Waals surface area contributed by atoms with Crippen molar-refractivity contribution in [2.24, 2.45) is 13.0 Å². The third-order valence-electron chi connectivity index (χ3n) is 3.57. The van der Waals surface area contributed by atoms with Crippen LogP contribution in [0.15, 0.2) is 12.3 Å². The molecule has 1 aromatic heterocycles. The average molecular weight is 264 g/mol. The summed E-state index contributed by atoms with van der Waals surface area (Å²) in [4.78, 5) is 25.8. The Balaban J connectivity index is 2.11. The molecule has 1 aliphatic rings. The lowest BCUT2D eigenvalue weighted by molar-refractivity contribution is -0.125. The van der Waals surface area contributed by atoms with Crippen molar-refractivity contribution in [3.63, 3.8) is 0 Å².